The van der Waals surface area contributed by atoms with Crippen LogP contribution in [0.3, 0.4) is 0 Å². The maximum absolute atomic E-state index is 13.0. The molecule has 1 aromatic carbocycles. The number of hydrogen-bond donors (Lipinski definition) is 2. The molecular weight excluding hydrogens is 209 g/mol. The van der Waals surface area contributed by atoms with E-state index < -0.39 is 0 Å². The summed E-state index contributed by atoms with van der Waals surface area (Å²) in [6, 6.07) is 3.56. The van der Waals surface area contributed by atoms with Crippen LogP contribution in [0.15, 0.2) is 18.2 Å². The van der Waals surface area contributed by atoms with E-state index in [9.17, 15) is 9.50 Å². The first-order valence-corrected chi connectivity index (χ1v) is 5.21. The van der Waals surface area contributed by atoms with E-state index in [0.717, 1.165) is 0 Å². The standard InChI is InChI=1S/C12H18FNO2/c1-8(14-16-12(2,3)4)10-7-9(13)5-6-11(10)15/h5-8,14-15H,1-4H3. The first-order valence-electron chi connectivity index (χ1n) is 5.21. The van der Waals surface area contributed by atoms with Gasteiger partial charge in [0.25, 0.3) is 0 Å². The molecule has 1 unspecified atom stereocenters. The molecule has 1 atom stereocenters. The SMILES string of the molecule is CC(NOC(C)(C)C)c1cc(F)ccc1O. The van der Waals surface area contributed by atoms with Crippen LogP contribution < -0.4 is 5.48 Å². The average molecular weight is 227 g/mol. The van der Waals surface area contributed by atoms with Gasteiger partial charge in [-0.25, -0.2) is 4.39 Å². The Morgan fingerprint density at radius 1 is 1.38 bits per heavy atom. The van der Waals surface area contributed by atoms with Crippen molar-refractivity contribution in [1.29, 1.82) is 0 Å². The molecule has 0 saturated heterocycles. The Hall–Kier alpha value is -1.13. The van der Waals surface area contributed by atoms with Crippen molar-refractivity contribution in [2.24, 2.45) is 0 Å². The van der Waals surface area contributed by atoms with Crippen LogP contribution in [0.4, 0.5) is 4.39 Å². The van der Waals surface area contributed by atoms with Gasteiger partial charge in [0.15, 0.2) is 0 Å². The van der Waals surface area contributed by atoms with Gasteiger partial charge in [0.05, 0.1) is 11.6 Å². The molecule has 0 saturated carbocycles. The number of nitrogens with one attached hydrogen (secondary N) is 1. The molecule has 0 amide bonds. The maximum Gasteiger partial charge on any atom is 0.123 e. The van der Waals surface area contributed by atoms with E-state index in [1.165, 1.54) is 18.2 Å². The van der Waals surface area contributed by atoms with Crippen molar-refractivity contribution in [3.63, 3.8) is 0 Å². The molecule has 0 spiro atoms. The highest BCUT2D eigenvalue weighted by atomic mass is 19.1. The van der Waals surface area contributed by atoms with Gasteiger partial charge in [-0.15, -0.1) is 0 Å². The zero-order valence-electron chi connectivity index (χ0n) is 10.0. The normalized spacial score (nSPS) is 13.8. The number of phenols is 1. The van der Waals surface area contributed by atoms with Crippen molar-refractivity contribution in [1.82, 2.24) is 5.48 Å². The molecule has 0 aromatic heterocycles. The molecule has 0 fully saturated rings. The van der Waals surface area contributed by atoms with Crippen molar-refractivity contribution in [2.75, 3.05) is 0 Å². The molecule has 0 heterocycles. The summed E-state index contributed by atoms with van der Waals surface area (Å²) in [5.41, 5.74) is 2.92. The summed E-state index contributed by atoms with van der Waals surface area (Å²) in [5, 5.41) is 9.57. The monoisotopic (exact) mass is 227 g/mol. The topological polar surface area (TPSA) is 41.5 Å². The van der Waals surface area contributed by atoms with Crippen molar-refractivity contribution in [3.05, 3.63) is 29.6 Å². The minimum Gasteiger partial charge on any atom is -0.508 e. The fourth-order valence-corrected chi connectivity index (χ4v) is 1.20. The quantitative estimate of drug-likeness (QED) is 0.780. The van der Waals surface area contributed by atoms with Crippen LogP contribution >= 0.6 is 0 Å². The molecular formula is C12H18FNO2. The molecule has 0 aliphatic rings. The number of hydrogen-bond acceptors (Lipinski definition) is 3. The van der Waals surface area contributed by atoms with E-state index in [1.807, 2.05) is 20.8 Å². The molecule has 0 aliphatic heterocycles. The van der Waals surface area contributed by atoms with E-state index in [-0.39, 0.29) is 23.2 Å². The molecule has 0 radical (unpaired) electrons. The molecule has 3 nitrogen and oxygen atoms in total. The third-order valence-corrected chi connectivity index (χ3v) is 2.00. The predicted molar refractivity (Wildman–Crippen MR) is 60.5 cm³/mol. The van der Waals surface area contributed by atoms with Gasteiger partial charge < -0.3 is 5.11 Å². The van der Waals surface area contributed by atoms with Crippen molar-refractivity contribution in [2.45, 2.75) is 39.3 Å². The fraction of sp³-hybridized carbons (Fsp3) is 0.500. The molecule has 1 aromatic rings. The molecule has 90 valence electrons. The van der Waals surface area contributed by atoms with Gasteiger partial charge >= 0.3 is 0 Å². The number of aromatic hydroxyl groups is 1. The molecule has 2 N–H and O–H groups in total. The van der Waals surface area contributed by atoms with E-state index in [2.05, 4.69) is 5.48 Å². The second-order valence-corrected chi connectivity index (χ2v) is 4.76. The van der Waals surface area contributed by atoms with Crippen LogP contribution in [0, 0.1) is 5.82 Å². The molecule has 4 heteroatoms. The van der Waals surface area contributed by atoms with Crippen LogP contribution in [0.5, 0.6) is 5.75 Å². The number of hydroxylamine groups is 1. The van der Waals surface area contributed by atoms with Gasteiger partial charge in [0.2, 0.25) is 0 Å². The zero-order chi connectivity index (χ0) is 12.3. The first-order chi connectivity index (χ1) is 7.29. The van der Waals surface area contributed by atoms with Crippen LogP contribution in [0.2, 0.25) is 0 Å². The van der Waals surface area contributed by atoms with Crippen molar-refractivity contribution >= 4 is 0 Å². The number of rotatable bonds is 3. The minimum atomic E-state index is -0.378. The summed E-state index contributed by atoms with van der Waals surface area (Å²) in [7, 11) is 0. The Labute approximate surface area is 95.2 Å². The number of phenolic OH excluding ortho intramolecular Hbond substituents is 1. The van der Waals surface area contributed by atoms with E-state index in [0.29, 0.717) is 5.56 Å². The zero-order valence-corrected chi connectivity index (χ0v) is 10.0. The summed E-state index contributed by atoms with van der Waals surface area (Å²) in [6.45, 7) is 7.49. The predicted octanol–water partition coefficient (Wildman–Crippen LogP) is 2.91. The molecule has 0 aliphatic carbocycles. The van der Waals surface area contributed by atoms with Crippen LogP contribution in [-0.4, -0.2) is 10.7 Å². The first kappa shape index (κ1) is 12.9. The third-order valence-electron chi connectivity index (χ3n) is 2.00. The van der Waals surface area contributed by atoms with Gasteiger partial charge in [0, 0.05) is 5.56 Å². The molecule has 16 heavy (non-hydrogen) atoms. The van der Waals surface area contributed by atoms with Crippen molar-refractivity contribution in [3.8, 4) is 5.75 Å². The highest BCUT2D eigenvalue weighted by Crippen LogP contribution is 2.25. The smallest absolute Gasteiger partial charge is 0.123 e. The maximum atomic E-state index is 13.0. The summed E-state index contributed by atoms with van der Waals surface area (Å²) in [5.74, 6) is -0.323. The van der Waals surface area contributed by atoms with Crippen LogP contribution in [-0.2, 0) is 4.84 Å². The van der Waals surface area contributed by atoms with Crippen molar-refractivity contribution < 1.29 is 14.3 Å². The van der Waals surface area contributed by atoms with Gasteiger partial charge in [0.1, 0.15) is 11.6 Å². The van der Waals surface area contributed by atoms with Gasteiger partial charge in [-0.2, -0.15) is 5.48 Å². The van der Waals surface area contributed by atoms with E-state index in [1.54, 1.807) is 6.92 Å². The van der Waals surface area contributed by atoms with E-state index >= 15 is 0 Å². The van der Waals surface area contributed by atoms with Crippen LogP contribution in [0.1, 0.15) is 39.3 Å². The van der Waals surface area contributed by atoms with Gasteiger partial charge in [-0.05, 0) is 45.9 Å². The third kappa shape index (κ3) is 3.79. The lowest BCUT2D eigenvalue weighted by Gasteiger charge is -2.23. The number of benzene rings is 1. The average Bonchev–Trinajstić information content (AvgIpc) is 2.17. The lowest BCUT2D eigenvalue weighted by Crippen LogP contribution is -2.31. The summed E-state index contributed by atoms with van der Waals surface area (Å²) in [4.78, 5) is 5.36. The summed E-state index contributed by atoms with van der Waals surface area (Å²) in [6.07, 6.45) is 0. The van der Waals surface area contributed by atoms with E-state index in [4.69, 9.17) is 4.84 Å². The van der Waals surface area contributed by atoms with Gasteiger partial charge in [-0.3, -0.25) is 4.84 Å². The Morgan fingerprint density at radius 3 is 2.56 bits per heavy atom. The Kier molecular flexibility index (Phi) is 3.88. The Bertz CT molecular complexity index is 361. The largest absolute Gasteiger partial charge is 0.508 e. The Morgan fingerprint density at radius 2 is 2.00 bits per heavy atom. The molecule has 1 rings (SSSR count). The van der Waals surface area contributed by atoms with Crippen LogP contribution in [0.25, 0.3) is 0 Å². The highest BCUT2D eigenvalue weighted by Gasteiger charge is 2.16. The highest BCUT2D eigenvalue weighted by molar-refractivity contribution is 5.34. The Balaban J connectivity index is 2.73. The van der Waals surface area contributed by atoms with Gasteiger partial charge in [-0.1, -0.05) is 0 Å². The second-order valence-electron chi connectivity index (χ2n) is 4.76. The molecule has 0 bridgehead atoms. The summed E-state index contributed by atoms with van der Waals surface area (Å²) >= 11 is 0. The second kappa shape index (κ2) is 4.80. The fourth-order valence-electron chi connectivity index (χ4n) is 1.20. The summed E-state index contributed by atoms with van der Waals surface area (Å²) < 4.78 is 13.0. The number of halogens is 1. The minimum absolute atomic E-state index is 0.0545. The lowest BCUT2D eigenvalue weighted by molar-refractivity contribution is -0.0868. The lowest BCUT2D eigenvalue weighted by atomic mass is 10.1.